The molecule has 0 atom stereocenters. The summed E-state index contributed by atoms with van der Waals surface area (Å²) in [5, 5.41) is 17.8. The number of carbonyl (C=O) groups is 2. The first-order chi connectivity index (χ1) is 8.54. The zero-order chi connectivity index (χ0) is 15.5. The van der Waals surface area contributed by atoms with Crippen molar-refractivity contribution in [2.75, 3.05) is 21.1 Å². The lowest BCUT2D eigenvalue weighted by molar-refractivity contribution is -0.884. The summed E-state index contributed by atoms with van der Waals surface area (Å²) in [7, 11) is 6.60. The number of carboxylic acid groups (broad SMARTS) is 2. The maximum Gasteiger partial charge on any atom is 0.104 e. The fraction of sp³-hybridized carbons (Fsp3) is 0.429. The summed E-state index contributed by atoms with van der Waals surface area (Å²) in [4.78, 5) is 17.8. The molecule has 1 aromatic rings. The number of quaternary nitrogens is 2. The quantitative estimate of drug-likeness (QED) is 0.756. The Kier molecular flexibility index (Phi) is 14.1. The molecule has 6 heteroatoms. The van der Waals surface area contributed by atoms with Crippen molar-refractivity contribution in [3.63, 3.8) is 0 Å². The third kappa shape index (κ3) is 29.8. The molecule has 1 aromatic carbocycles. The second-order valence-electron chi connectivity index (χ2n) is 4.92. The second kappa shape index (κ2) is 12.1. The second-order valence-corrected chi connectivity index (χ2v) is 4.92. The van der Waals surface area contributed by atoms with Crippen LogP contribution in [-0.4, -0.2) is 37.6 Å². The van der Waals surface area contributed by atoms with Crippen LogP contribution in [-0.2, 0) is 16.1 Å². The monoisotopic (exact) mass is 286 g/mol. The molecular weight excluding hydrogens is 260 g/mol. The molecule has 0 aliphatic carbocycles. The molecule has 116 valence electrons. The van der Waals surface area contributed by atoms with Crippen LogP contribution >= 0.6 is 0 Å². The molecule has 0 aliphatic rings. The zero-order valence-corrected chi connectivity index (χ0v) is 13.2. The summed E-state index contributed by atoms with van der Waals surface area (Å²) >= 11 is 0. The van der Waals surface area contributed by atoms with Crippen LogP contribution < -0.4 is 16.4 Å². The molecule has 4 N–H and O–H groups in total. The molecule has 6 nitrogen and oxygen atoms in total. The minimum absolute atomic E-state index is 0. The Morgan fingerprint density at radius 3 is 1.50 bits per heavy atom. The lowest BCUT2D eigenvalue weighted by Gasteiger charge is -2.23. The normalized spacial score (nSPS) is 8.85. The van der Waals surface area contributed by atoms with Crippen LogP contribution in [0.3, 0.4) is 0 Å². The maximum absolute atomic E-state index is 8.89. The van der Waals surface area contributed by atoms with Gasteiger partial charge in [-0.15, -0.1) is 0 Å². The molecule has 1 rings (SSSR count). The van der Waals surface area contributed by atoms with Gasteiger partial charge in [-0.1, -0.05) is 30.3 Å². The van der Waals surface area contributed by atoms with Crippen molar-refractivity contribution in [3.8, 4) is 0 Å². The Hall–Kier alpha value is -1.92. The molecule has 0 aromatic heterocycles. The lowest BCUT2D eigenvalue weighted by atomic mass is 10.2. The smallest absolute Gasteiger partial charge is 0.104 e. The van der Waals surface area contributed by atoms with Crippen LogP contribution in [0.25, 0.3) is 0 Å². The van der Waals surface area contributed by atoms with Crippen molar-refractivity contribution in [1.82, 2.24) is 6.15 Å². The lowest BCUT2D eigenvalue weighted by Crippen LogP contribution is -2.33. The highest BCUT2D eigenvalue weighted by molar-refractivity contribution is 5.60. The molecule has 0 saturated carbocycles. The van der Waals surface area contributed by atoms with Crippen LogP contribution in [0, 0.1) is 0 Å². The summed E-state index contributed by atoms with van der Waals surface area (Å²) in [5.41, 5.74) is 1.40. The van der Waals surface area contributed by atoms with E-state index in [4.69, 9.17) is 19.8 Å². The summed E-state index contributed by atoms with van der Waals surface area (Å²) in [6, 6.07) is 10.6. The molecule has 0 bridgehead atoms. The van der Waals surface area contributed by atoms with Crippen LogP contribution in [0.5, 0.6) is 0 Å². The Bertz CT molecular complexity index is 353. The van der Waals surface area contributed by atoms with E-state index in [9.17, 15) is 0 Å². The number of aliphatic carboxylic acids is 2. The van der Waals surface area contributed by atoms with Gasteiger partial charge in [0.2, 0.25) is 0 Å². The highest BCUT2D eigenvalue weighted by Gasteiger charge is 2.06. The van der Waals surface area contributed by atoms with E-state index in [1.165, 1.54) is 5.56 Å². The van der Waals surface area contributed by atoms with Gasteiger partial charge >= 0.3 is 0 Å². The number of hydrogen-bond acceptors (Lipinski definition) is 4. The largest absolute Gasteiger partial charge is 0.550 e. The SMILES string of the molecule is CC(=O)[O-].CC(=O)[O-].C[N+](C)(C)Cc1ccccc1.[NH4+]. The van der Waals surface area contributed by atoms with Crippen molar-refractivity contribution in [2.24, 2.45) is 0 Å². The average Bonchev–Trinajstić information content (AvgIpc) is 2.14. The third-order valence-electron chi connectivity index (χ3n) is 1.50. The molecule has 0 fully saturated rings. The highest BCUT2D eigenvalue weighted by atomic mass is 16.4. The number of nitrogens with zero attached hydrogens (tertiary/aromatic N) is 1. The number of rotatable bonds is 2. The predicted octanol–water partition coefficient (Wildman–Crippen LogP) is -0.219. The van der Waals surface area contributed by atoms with E-state index in [0.29, 0.717) is 0 Å². The molecule has 0 heterocycles. The molecule has 0 aliphatic heterocycles. The van der Waals surface area contributed by atoms with E-state index in [0.717, 1.165) is 24.9 Å². The number of hydrogen-bond donors (Lipinski definition) is 1. The van der Waals surface area contributed by atoms with E-state index < -0.39 is 11.9 Å². The summed E-state index contributed by atoms with van der Waals surface area (Å²) < 4.78 is 0.990. The van der Waals surface area contributed by atoms with E-state index in [1.807, 2.05) is 0 Å². The molecular formula is C14H26N2O4. The van der Waals surface area contributed by atoms with Crippen LogP contribution in [0.4, 0.5) is 0 Å². The van der Waals surface area contributed by atoms with E-state index >= 15 is 0 Å². The number of carboxylic acids is 2. The first-order valence-electron chi connectivity index (χ1n) is 5.74. The van der Waals surface area contributed by atoms with Crippen molar-refractivity contribution in [2.45, 2.75) is 20.4 Å². The van der Waals surface area contributed by atoms with Crippen molar-refractivity contribution in [3.05, 3.63) is 35.9 Å². The standard InChI is InChI=1S/C10H16N.2C2H4O2.H3N/c1-11(2,3)9-10-7-5-4-6-8-10;2*1-2(3)4;/h4-8H,9H2,1-3H3;2*1H3,(H,3,4);1H3/q+1;;;/p-1. The van der Waals surface area contributed by atoms with Gasteiger partial charge in [0.1, 0.15) is 6.54 Å². The minimum atomic E-state index is -1.08. The summed E-state index contributed by atoms with van der Waals surface area (Å²) in [6.07, 6.45) is 0. The van der Waals surface area contributed by atoms with Gasteiger partial charge in [0, 0.05) is 17.5 Å². The van der Waals surface area contributed by atoms with Crippen molar-refractivity contribution >= 4 is 11.9 Å². The topological polar surface area (TPSA) is 117 Å². The molecule has 0 amide bonds. The fourth-order valence-electron chi connectivity index (χ4n) is 1.13. The molecule has 20 heavy (non-hydrogen) atoms. The Balaban J connectivity index is -0.000000272. The minimum Gasteiger partial charge on any atom is -0.550 e. The average molecular weight is 286 g/mol. The predicted molar refractivity (Wildman–Crippen MR) is 75.5 cm³/mol. The number of benzene rings is 1. The van der Waals surface area contributed by atoms with Gasteiger partial charge in [-0.3, -0.25) is 0 Å². The number of carbonyl (C=O) groups excluding carboxylic acids is 2. The molecule has 0 radical (unpaired) electrons. The molecule has 0 spiro atoms. The summed E-state index contributed by atoms with van der Waals surface area (Å²) in [5.74, 6) is -2.17. The zero-order valence-electron chi connectivity index (χ0n) is 13.2. The van der Waals surface area contributed by atoms with Crippen LogP contribution in [0.15, 0.2) is 30.3 Å². The highest BCUT2D eigenvalue weighted by Crippen LogP contribution is 2.05. The van der Waals surface area contributed by atoms with Gasteiger partial charge in [-0.2, -0.15) is 0 Å². The first kappa shape index (κ1) is 23.2. The Labute approximate surface area is 120 Å². The van der Waals surface area contributed by atoms with Gasteiger partial charge in [0.15, 0.2) is 0 Å². The maximum atomic E-state index is 8.89. The van der Waals surface area contributed by atoms with Gasteiger partial charge < -0.3 is 30.4 Å². The molecule has 0 unspecified atom stereocenters. The van der Waals surface area contributed by atoms with E-state index in [1.54, 1.807) is 0 Å². The van der Waals surface area contributed by atoms with Gasteiger partial charge in [-0.05, 0) is 13.8 Å². The third-order valence-corrected chi connectivity index (χ3v) is 1.50. The van der Waals surface area contributed by atoms with Gasteiger partial charge in [0.25, 0.3) is 0 Å². The van der Waals surface area contributed by atoms with Crippen molar-refractivity contribution in [1.29, 1.82) is 0 Å². The van der Waals surface area contributed by atoms with E-state index in [-0.39, 0.29) is 6.15 Å². The van der Waals surface area contributed by atoms with E-state index in [2.05, 4.69) is 51.5 Å². The van der Waals surface area contributed by atoms with Crippen LogP contribution in [0.1, 0.15) is 19.4 Å². The Morgan fingerprint density at radius 1 is 0.950 bits per heavy atom. The fourth-order valence-corrected chi connectivity index (χ4v) is 1.13. The van der Waals surface area contributed by atoms with Gasteiger partial charge in [-0.25, -0.2) is 0 Å². The van der Waals surface area contributed by atoms with Gasteiger partial charge in [0.05, 0.1) is 21.1 Å². The Morgan fingerprint density at radius 2 is 1.25 bits per heavy atom. The summed E-state index contributed by atoms with van der Waals surface area (Å²) in [6.45, 7) is 3.04. The van der Waals surface area contributed by atoms with Crippen LogP contribution in [0.2, 0.25) is 0 Å². The first-order valence-corrected chi connectivity index (χ1v) is 5.74. The molecule has 0 saturated heterocycles. The van der Waals surface area contributed by atoms with Crippen molar-refractivity contribution < 1.29 is 24.3 Å².